The van der Waals surface area contributed by atoms with Crippen molar-refractivity contribution in [1.82, 2.24) is 4.90 Å². The lowest BCUT2D eigenvalue weighted by molar-refractivity contribution is 0.0965. The van der Waals surface area contributed by atoms with Gasteiger partial charge in [0, 0.05) is 18.5 Å². The van der Waals surface area contributed by atoms with Crippen LogP contribution in [0.1, 0.15) is 42.5 Å². The van der Waals surface area contributed by atoms with Gasteiger partial charge >= 0.3 is 0 Å². The van der Waals surface area contributed by atoms with E-state index in [1.807, 2.05) is 24.3 Å². The number of ketones is 1. The highest BCUT2D eigenvalue weighted by atomic mass is 35.5. The maximum absolute atomic E-state index is 12.1. The van der Waals surface area contributed by atoms with Gasteiger partial charge < -0.3 is 9.64 Å². The van der Waals surface area contributed by atoms with Gasteiger partial charge in [0.25, 0.3) is 0 Å². The Labute approximate surface area is 127 Å². The number of halogens is 1. The molecule has 4 heteroatoms. The fourth-order valence-corrected chi connectivity index (χ4v) is 2.54. The molecular weight excluding hydrogens is 274 g/mol. The van der Waals surface area contributed by atoms with Crippen LogP contribution in [0.3, 0.4) is 0 Å². The lowest BCUT2D eigenvalue weighted by atomic mass is 10.1. The minimum absolute atomic E-state index is 0. The van der Waals surface area contributed by atoms with E-state index in [2.05, 4.69) is 4.90 Å². The molecular formula is C16H24ClNO2. The van der Waals surface area contributed by atoms with Crippen molar-refractivity contribution < 1.29 is 9.53 Å². The van der Waals surface area contributed by atoms with Crippen LogP contribution in [0.25, 0.3) is 0 Å². The average molecular weight is 298 g/mol. The van der Waals surface area contributed by atoms with Gasteiger partial charge in [-0.2, -0.15) is 0 Å². The number of Topliss-reactive ketones (excluding diaryl/α,β-unsaturated/α-hetero) is 1. The summed E-state index contributed by atoms with van der Waals surface area (Å²) in [5, 5.41) is 0. The second kappa shape index (κ2) is 8.98. The van der Waals surface area contributed by atoms with E-state index in [1.54, 1.807) is 7.11 Å². The summed E-state index contributed by atoms with van der Waals surface area (Å²) >= 11 is 0. The van der Waals surface area contributed by atoms with E-state index < -0.39 is 0 Å². The first kappa shape index (κ1) is 17.0. The molecule has 2 rings (SSSR count). The zero-order chi connectivity index (χ0) is 13.5. The van der Waals surface area contributed by atoms with E-state index in [0.717, 1.165) is 30.9 Å². The van der Waals surface area contributed by atoms with Crippen LogP contribution in [-0.2, 0) is 0 Å². The molecule has 0 aliphatic carbocycles. The Balaban J connectivity index is 0.00000200. The molecule has 0 N–H and O–H groups in total. The smallest absolute Gasteiger partial charge is 0.164 e. The van der Waals surface area contributed by atoms with E-state index in [9.17, 15) is 4.79 Å². The van der Waals surface area contributed by atoms with Crippen LogP contribution in [0.2, 0.25) is 0 Å². The topological polar surface area (TPSA) is 29.5 Å². The Morgan fingerprint density at radius 1 is 1.10 bits per heavy atom. The van der Waals surface area contributed by atoms with Crippen molar-refractivity contribution in [2.45, 2.75) is 32.1 Å². The highest BCUT2D eigenvalue weighted by Gasteiger charge is 2.12. The molecule has 1 aliphatic heterocycles. The summed E-state index contributed by atoms with van der Waals surface area (Å²) in [4.78, 5) is 14.5. The SMILES string of the molecule is COc1ccc(C(=O)CCN2CCCCCC2)cc1.Cl. The molecule has 1 aliphatic rings. The van der Waals surface area contributed by atoms with Crippen molar-refractivity contribution in [2.24, 2.45) is 0 Å². The van der Waals surface area contributed by atoms with Crippen LogP contribution < -0.4 is 4.74 Å². The Morgan fingerprint density at radius 3 is 2.25 bits per heavy atom. The molecule has 20 heavy (non-hydrogen) atoms. The van der Waals surface area contributed by atoms with Gasteiger partial charge in [-0.05, 0) is 50.2 Å². The third kappa shape index (κ3) is 5.14. The summed E-state index contributed by atoms with van der Waals surface area (Å²) in [6.07, 6.45) is 5.84. The number of hydrogen-bond acceptors (Lipinski definition) is 3. The number of benzene rings is 1. The number of likely N-dealkylation sites (tertiary alicyclic amines) is 1. The zero-order valence-corrected chi connectivity index (χ0v) is 13.0. The summed E-state index contributed by atoms with van der Waals surface area (Å²) in [5.74, 6) is 1.02. The van der Waals surface area contributed by atoms with Crippen molar-refractivity contribution in [3.8, 4) is 5.75 Å². The van der Waals surface area contributed by atoms with E-state index >= 15 is 0 Å². The first-order chi connectivity index (χ1) is 9.29. The van der Waals surface area contributed by atoms with E-state index in [-0.39, 0.29) is 18.2 Å². The number of methoxy groups -OCH3 is 1. The number of hydrogen-bond donors (Lipinski definition) is 0. The van der Waals surface area contributed by atoms with Gasteiger partial charge in [0.05, 0.1) is 7.11 Å². The lowest BCUT2D eigenvalue weighted by Gasteiger charge is -2.18. The van der Waals surface area contributed by atoms with Gasteiger partial charge in [-0.3, -0.25) is 4.79 Å². The standard InChI is InChI=1S/C16H23NO2.ClH/c1-19-15-8-6-14(7-9-15)16(18)10-13-17-11-4-2-3-5-12-17;/h6-9H,2-5,10-13H2,1H3;1H. The van der Waals surface area contributed by atoms with Crippen LogP contribution in [0.15, 0.2) is 24.3 Å². The molecule has 1 fully saturated rings. The molecule has 3 nitrogen and oxygen atoms in total. The quantitative estimate of drug-likeness (QED) is 0.778. The fraction of sp³-hybridized carbons (Fsp3) is 0.562. The predicted octanol–water partition coefficient (Wildman–Crippen LogP) is 3.57. The van der Waals surface area contributed by atoms with Gasteiger partial charge in [0.1, 0.15) is 5.75 Å². The van der Waals surface area contributed by atoms with Gasteiger partial charge in [-0.1, -0.05) is 12.8 Å². The second-order valence-corrected chi connectivity index (χ2v) is 5.16. The zero-order valence-electron chi connectivity index (χ0n) is 12.1. The molecule has 0 atom stereocenters. The van der Waals surface area contributed by atoms with Crippen molar-refractivity contribution in [1.29, 1.82) is 0 Å². The minimum atomic E-state index is 0. The molecule has 0 bridgehead atoms. The van der Waals surface area contributed by atoms with Crippen molar-refractivity contribution in [3.05, 3.63) is 29.8 Å². The van der Waals surface area contributed by atoms with Crippen LogP contribution >= 0.6 is 12.4 Å². The van der Waals surface area contributed by atoms with Gasteiger partial charge in [0.15, 0.2) is 5.78 Å². The van der Waals surface area contributed by atoms with Crippen LogP contribution in [0, 0.1) is 0 Å². The number of nitrogens with zero attached hydrogens (tertiary/aromatic N) is 1. The maximum Gasteiger partial charge on any atom is 0.164 e. The highest BCUT2D eigenvalue weighted by molar-refractivity contribution is 5.96. The number of rotatable bonds is 5. The van der Waals surface area contributed by atoms with Gasteiger partial charge in [0.2, 0.25) is 0 Å². The molecule has 1 aromatic rings. The average Bonchev–Trinajstić information content (AvgIpc) is 2.73. The molecule has 0 amide bonds. The summed E-state index contributed by atoms with van der Waals surface area (Å²) in [7, 11) is 1.64. The highest BCUT2D eigenvalue weighted by Crippen LogP contribution is 2.14. The summed E-state index contributed by atoms with van der Waals surface area (Å²) in [6, 6.07) is 7.39. The van der Waals surface area contributed by atoms with E-state index in [4.69, 9.17) is 4.74 Å². The molecule has 0 unspecified atom stereocenters. The number of carbonyl (C=O) groups excluding carboxylic acids is 1. The van der Waals surface area contributed by atoms with E-state index in [1.165, 1.54) is 25.7 Å². The largest absolute Gasteiger partial charge is 0.497 e. The van der Waals surface area contributed by atoms with Crippen LogP contribution in [-0.4, -0.2) is 37.4 Å². The third-order valence-electron chi connectivity index (χ3n) is 3.77. The van der Waals surface area contributed by atoms with Crippen molar-refractivity contribution >= 4 is 18.2 Å². The van der Waals surface area contributed by atoms with Gasteiger partial charge in [-0.15, -0.1) is 12.4 Å². The van der Waals surface area contributed by atoms with Crippen molar-refractivity contribution in [2.75, 3.05) is 26.7 Å². The monoisotopic (exact) mass is 297 g/mol. The number of carbonyl (C=O) groups is 1. The molecule has 1 heterocycles. The Bertz CT molecular complexity index is 397. The molecule has 0 saturated carbocycles. The molecule has 0 spiro atoms. The Hall–Kier alpha value is -1.06. The minimum Gasteiger partial charge on any atom is -0.497 e. The maximum atomic E-state index is 12.1. The van der Waals surface area contributed by atoms with Crippen LogP contribution in [0.4, 0.5) is 0 Å². The third-order valence-corrected chi connectivity index (χ3v) is 3.77. The summed E-state index contributed by atoms with van der Waals surface area (Å²) in [5.41, 5.74) is 0.788. The summed E-state index contributed by atoms with van der Waals surface area (Å²) < 4.78 is 5.10. The molecule has 0 radical (unpaired) electrons. The first-order valence-corrected chi connectivity index (χ1v) is 7.19. The number of ether oxygens (including phenoxy) is 1. The Kier molecular flexibility index (Phi) is 7.63. The Morgan fingerprint density at radius 2 is 1.70 bits per heavy atom. The predicted molar refractivity (Wildman–Crippen MR) is 84.1 cm³/mol. The summed E-state index contributed by atoms with van der Waals surface area (Å²) in [6.45, 7) is 3.19. The van der Waals surface area contributed by atoms with Crippen LogP contribution in [0.5, 0.6) is 5.75 Å². The lowest BCUT2D eigenvalue weighted by Crippen LogP contribution is -2.27. The molecule has 1 aromatic carbocycles. The van der Waals surface area contributed by atoms with E-state index in [0.29, 0.717) is 6.42 Å². The second-order valence-electron chi connectivity index (χ2n) is 5.16. The van der Waals surface area contributed by atoms with Gasteiger partial charge in [-0.25, -0.2) is 0 Å². The molecule has 0 aromatic heterocycles. The normalized spacial score (nSPS) is 16.1. The molecule has 112 valence electrons. The first-order valence-electron chi connectivity index (χ1n) is 7.19. The molecule has 1 saturated heterocycles. The van der Waals surface area contributed by atoms with Crippen molar-refractivity contribution in [3.63, 3.8) is 0 Å². The fourth-order valence-electron chi connectivity index (χ4n) is 2.54.